The van der Waals surface area contributed by atoms with Crippen molar-refractivity contribution in [3.8, 4) is 0 Å². The molecule has 0 bridgehead atoms. The molecule has 1 heteroatoms. The second-order valence-electron chi connectivity index (χ2n) is 2.62. The van der Waals surface area contributed by atoms with Gasteiger partial charge in [-0.25, -0.2) is 10.0 Å². The molecule has 7 heavy (non-hydrogen) atoms. The van der Waals surface area contributed by atoms with Crippen LogP contribution in [0, 0.1) is 0 Å². The van der Waals surface area contributed by atoms with E-state index in [4.69, 9.17) is 0 Å². The fourth-order valence-electron chi connectivity index (χ4n) is 0.899. The van der Waals surface area contributed by atoms with E-state index in [1.165, 1.54) is 5.75 Å². The summed E-state index contributed by atoms with van der Waals surface area (Å²) in [6.07, 6.45) is 2.46. The molecule has 0 spiro atoms. The van der Waals surface area contributed by atoms with Crippen molar-refractivity contribution >= 4 is 10.0 Å². The first-order valence-electron chi connectivity index (χ1n) is 2.91. The maximum Gasteiger partial charge on any atom is -0.00659 e. The lowest BCUT2D eigenvalue weighted by Gasteiger charge is -2.09. The molecule has 0 saturated carbocycles. The molecule has 1 heterocycles. The lowest BCUT2D eigenvalue weighted by molar-refractivity contribution is 1.24. The molecule has 1 saturated heterocycles. The maximum absolute atomic E-state index is 2.46. The summed E-state index contributed by atoms with van der Waals surface area (Å²) in [6.45, 7) is 4.69. The van der Waals surface area contributed by atoms with E-state index in [0.717, 1.165) is 5.25 Å². The highest BCUT2D eigenvalue weighted by atomic mass is 32.3. The number of hydrogen-bond donors (Lipinski definition) is 0. The molecule has 0 nitrogen and oxygen atoms in total. The normalized spacial score (nSPS) is 58.4. The first-order chi connectivity index (χ1) is 3.19. The summed E-state index contributed by atoms with van der Waals surface area (Å²) < 4.78 is 0. The molecule has 0 amide bonds. The smallest absolute Gasteiger partial charge is 0.00659 e. The lowest BCUT2D eigenvalue weighted by Crippen LogP contribution is -1.81. The molecule has 2 unspecified atom stereocenters. The van der Waals surface area contributed by atoms with Gasteiger partial charge in [0, 0.05) is 0 Å². The van der Waals surface area contributed by atoms with Crippen LogP contribution in [0.5, 0.6) is 0 Å². The molecule has 0 aliphatic carbocycles. The highest BCUT2D eigenvalue weighted by Gasteiger charge is 2.38. The fourth-order valence-corrected chi connectivity index (χ4v) is 3.39. The molecule has 0 N–H and O–H groups in total. The minimum Gasteiger partial charge on any atom is -0.240 e. The zero-order valence-electron chi connectivity index (χ0n) is 5.40. The van der Waals surface area contributed by atoms with E-state index in [0.29, 0.717) is 0 Å². The van der Waals surface area contributed by atoms with Crippen molar-refractivity contribution < 1.29 is 0 Å². The predicted molar refractivity (Wildman–Crippen MR) is 38.4 cm³/mol. The zero-order chi connectivity index (χ0) is 5.49. The van der Waals surface area contributed by atoms with Gasteiger partial charge < -0.3 is 0 Å². The van der Waals surface area contributed by atoms with Crippen molar-refractivity contribution in [3.63, 3.8) is 0 Å². The van der Waals surface area contributed by atoms with Crippen LogP contribution in [0.2, 0.25) is 0 Å². The second-order valence-corrected chi connectivity index (χ2v) is 7.03. The van der Waals surface area contributed by atoms with E-state index < -0.39 is 0 Å². The molecule has 0 aromatic rings. The van der Waals surface area contributed by atoms with Crippen molar-refractivity contribution in [1.29, 1.82) is 0 Å². The Balaban J connectivity index is 2.36. The van der Waals surface area contributed by atoms with Gasteiger partial charge in [-0.05, 0) is 23.0 Å². The molecular weight excluding hydrogens is 104 g/mol. The third kappa shape index (κ3) is 0.788. The summed E-state index contributed by atoms with van der Waals surface area (Å²) >= 11 is 0. The Morgan fingerprint density at radius 2 is 2.14 bits per heavy atom. The van der Waals surface area contributed by atoms with E-state index in [1.807, 2.05) is 0 Å². The van der Waals surface area contributed by atoms with Gasteiger partial charge in [0.15, 0.2) is 0 Å². The topological polar surface area (TPSA) is 0 Å². The highest BCUT2D eigenvalue weighted by Crippen LogP contribution is 2.64. The van der Waals surface area contributed by atoms with Gasteiger partial charge in [0.2, 0.25) is 0 Å². The van der Waals surface area contributed by atoms with E-state index >= 15 is 0 Å². The van der Waals surface area contributed by atoms with Crippen LogP contribution in [-0.4, -0.2) is 23.0 Å². The minimum atomic E-state index is 0.00926. The van der Waals surface area contributed by atoms with Gasteiger partial charge >= 0.3 is 0 Å². The van der Waals surface area contributed by atoms with Gasteiger partial charge in [0.1, 0.15) is 0 Å². The van der Waals surface area contributed by atoms with Gasteiger partial charge in [-0.2, -0.15) is 0 Å². The van der Waals surface area contributed by atoms with Crippen molar-refractivity contribution in [2.75, 3.05) is 17.8 Å². The Morgan fingerprint density at radius 3 is 2.14 bits per heavy atom. The first kappa shape index (κ1) is 5.49. The van der Waals surface area contributed by atoms with E-state index in [1.54, 1.807) is 5.75 Å². The van der Waals surface area contributed by atoms with Gasteiger partial charge in [0.05, 0.1) is 0 Å². The summed E-state index contributed by atoms with van der Waals surface area (Å²) in [5.74, 6) is 3.00. The van der Waals surface area contributed by atoms with Crippen molar-refractivity contribution in [2.45, 2.75) is 19.1 Å². The maximum atomic E-state index is 2.46. The van der Waals surface area contributed by atoms with Crippen LogP contribution in [0.3, 0.4) is 0 Å². The van der Waals surface area contributed by atoms with Gasteiger partial charge in [-0.1, -0.05) is 13.8 Å². The standard InChI is InChI=1S/C6H14S/c1-4-7(3)5-6(7)2/h6H,4-5H2,1-3H3. The number of rotatable bonds is 1. The van der Waals surface area contributed by atoms with Crippen LogP contribution in [0.4, 0.5) is 0 Å². The Hall–Kier alpha value is 0.350. The summed E-state index contributed by atoms with van der Waals surface area (Å²) in [6, 6.07) is 0. The third-order valence-electron chi connectivity index (χ3n) is 2.13. The minimum absolute atomic E-state index is 0.00926. The zero-order valence-corrected chi connectivity index (χ0v) is 6.22. The molecule has 0 radical (unpaired) electrons. The lowest BCUT2D eigenvalue weighted by atomic mass is 10.6. The van der Waals surface area contributed by atoms with E-state index in [2.05, 4.69) is 20.1 Å². The molecule has 1 aliphatic heterocycles. The average molecular weight is 118 g/mol. The molecule has 1 aliphatic rings. The Morgan fingerprint density at radius 1 is 1.71 bits per heavy atom. The second kappa shape index (κ2) is 1.41. The Bertz CT molecular complexity index is 76.2. The van der Waals surface area contributed by atoms with Crippen molar-refractivity contribution in [2.24, 2.45) is 0 Å². The van der Waals surface area contributed by atoms with Crippen molar-refractivity contribution in [1.82, 2.24) is 0 Å². The third-order valence-corrected chi connectivity index (χ3v) is 6.39. The molecule has 0 aromatic heterocycles. The molecule has 2 atom stereocenters. The SMILES string of the molecule is CCS1(C)CC1C. The van der Waals surface area contributed by atoms with Crippen molar-refractivity contribution in [3.05, 3.63) is 0 Å². The van der Waals surface area contributed by atoms with Crippen LogP contribution >= 0.6 is 10.0 Å². The van der Waals surface area contributed by atoms with Gasteiger partial charge in [-0.15, -0.1) is 0 Å². The Labute approximate surface area is 47.6 Å². The van der Waals surface area contributed by atoms with Crippen LogP contribution in [0.1, 0.15) is 13.8 Å². The van der Waals surface area contributed by atoms with E-state index in [9.17, 15) is 0 Å². The Kier molecular flexibility index (Phi) is 1.11. The quantitative estimate of drug-likeness (QED) is 0.461. The molecule has 1 rings (SSSR count). The average Bonchev–Trinajstić information content (AvgIpc) is 2.18. The van der Waals surface area contributed by atoms with Crippen LogP contribution in [-0.2, 0) is 0 Å². The number of hydrogen-bond acceptors (Lipinski definition) is 0. The van der Waals surface area contributed by atoms with Gasteiger partial charge in [0.25, 0.3) is 0 Å². The largest absolute Gasteiger partial charge is 0.240 e. The predicted octanol–water partition coefficient (Wildman–Crippen LogP) is 1.84. The van der Waals surface area contributed by atoms with Crippen LogP contribution in [0.25, 0.3) is 0 Å². The van der Waals surface area contributed by atoms with E-state index in [-0.39, 0.29) is 10.0 Å². The van der Waals surface area contributed by atoms with Gasteiger partial charge in [-0.3, -0.25) is 0 Å². The molecule has 0 aromatic carbocycles. The summed E-state index contributed by atoms with van der Waals surface area (Å²) in [7, 11) is 0.00926. The summed E-state index contributed by atoms with van der Waals surface area (Å²) in [5.41, 5.74) is 0. The molecular formula is C6H14S. The monoisotopic (exact) mass is 118 g/mol. The first-order valence-corrected chi connectivity index (χ1v) is 5.36. The highest BCUT2D eigenvalue weighted by molar-refractivity contribution is 8.39. The fraction of sp³-hybridized carbons (Fsp3) is 1.00. The molecule has 44 valence electrons. The summed E-state index contributed by atoms with van der Waals surface area (Å²) in [5, 5.41) is 1.09. The van der Waals surface area contributed by atoms with Crippen LogP contribution < -0.4 is 0 Å². The molecule has 1 fully saturated rings. The summed E-state index contributed by atoms with van der Waals surface area (Å²) in [4.78, 5) is 0. The van der Waals surface area contributed by atoms with Crippen LogP contribution in [0.15, 0.2) is 0 Å².